The number of rotatable bonds is 3. The Hall–Kier alpha value is -7.48. The topological polar surface area (TPSA) is 12.0 Å². The Morgan fingerprint density at radius 2 is 0.971 bits per heavy atom. The van der Waals surface area contributed by atoms with E-state index in [4.69, 9.17) is 0 Å². The fourth-order valence-corrected chi connectivity index (χ4v) is 10.4. The Kier molecular flexibility index (Phi) is 14.8. The van der Waals surface area contributed by atoms with Gasteiger partial charge < -0.3 is 5.32 Å². The number of fused-ring (bicyclic) bond motifs is 9. The lowest BCUT2D eigenvalue weighted by atomic mass is 9.63. The Balaban J connectivity index is 0.000000295. The van der Waals surface area contributed by atoms with Gasteiger partial charge in [-0.2, -0.15) is 0 Å². The molecule has 1 unspecified atom stereocenters. The summed E-state index contributed by atoms with van der Waals surface area (Å²) in [5.74, 6) is 0. The normalized spacial score (nSPS) is 14.6. The number of aryl methyl sites for hydroxylation is 4. The molecule has 9 aromatic carbocycles. The monoisotopic (exact) mass is 884 g/mol. The van der Waals surface area contributed by atoms with E-state index in [9.17, 15) is 0 Å². The lowest BCUT2D eigenvalue weighted by Crippen LogP contribution is -2.34. The molecule has 0 radical (unpaired) electrons. The second-order valence-corrected chi connectivity index (χ2v) is 17.5. The van der Waals surface area contributed by atoms with Crippen LogP contribution in [0.3, 0.4) is 0 Å². The third-order valence-electron chi connectivity index (χ3n) is 13.3. The van der Waals surface area contributed by atoms with Crippen molar-refractivity contribution in [2.75, 3.05) is 5.32 Å². The molecule has 2 aliphatic carbocycles. The Bertz CT molecular complexity index is 3180. The fourth-order valence-electron chi connectivity index (χ4n) is 10.4. The molecule has 1 heterocycles. The van der Waals surface area contributed by atoms with Crippen LogP contribution in [0.4, 0.5) is 11.4 Å². The summed E-state index contributed by atoms with van der Waals surface area (Å²) in [4.78, 5) is 0. The van der Waals surface area contributed by atoms with Crippen molar-refractivity contribution >= 4 is 33.3 Å². The zero-order chi connectivity index (χ0) is 47.6. The van der Waals surface area contributed by atoms with Crippen LogP contribution in [0.25, 0.3) is 44.2 Å². The molecular weight excluding hydrogens is 819 g/mol. The Morgan fingerprint density at radius 1 is 0.412 bits per heavy atom. The molecule has 0 amide bonds. The molecule has 0 fully saturated rings. The van der Waals surface area contributed by atoms with Gasteiger partial charge in [0.15, 0.2) is 0 Å². The quantitative estimate of drug-likeness (QED) is 0.186. The van der Waals surface area contributed by atoms with E-state index in [-0.39, 0.29) is 0 Å². The number of benzene rings is 9. The van der Waals surface area contributed by atoms with E-state index in [0.717, 1.165) is 12.8 Å². The van der Waals surface area contributed by atoms with Gasteiger partial charge in [0.25, 0.3) is 0 Å². The van der Waals surface area contributed by atoms with Gasteiger partial charge in [0.2, 0.25) is 0 Å². The first-order valence-electron chi connectivity index (χ1n) is 24.6. The van der Waals surface area contributed by atoms with Crippen molar-refractivity contribution in [3.8, 4) is 22.3 Å². The second-order valence-electron chi connectivity index (χ2n) is 17.5. The number of para-hydroxylation sites is 2. The van der Waals surface area contributed by atoms with Gasteiger partial charge in [0.1, 0.15) is 0 Å². The highest BCUT2D eigenvalue weighted by Crippen LogP contribution is 2.63. The number of hydrogen-bond acceptors (Lipinski definition) is 1. The third kappa shape index (κ3) is 9.02. The van der Waals surface area contributed by atoms with E-state index in [2.05, 4.69) is 215 Å². The molecular formula is C67H65N. The van der Waals surface area contributed by atoms with E-state index in [0.29, 0.717) is 0 Å². The van der Waals surface area contributed by atoms with Crippen LogP contribution >= 0.6 is 0 Å². The van der Waals surface area contributed by atoms with Gasteiger partial charge in [-0.15, -0.1) is 0 Å². The van der Waals surface area contributed by atoms with Gasteiger partial charge in [0, 0.05) is 11.3 Å². The average molecular weight is 884 g/mol. The van der Waals surface area contributed by atoms with Crippen LogP contribution in [0.15, 0.2) is 224 Å². The minimum Gasteiger partial charge on any atom is -0.354 e. The molecule has 12 rings (SSSR count). The molecule has 338 valence electrons. The van der Waals surface area contributed by atoms with Crippen LogP contribution in [0.5, 0.6) is 0 Å². The summed E-state index contributed by atoms with van der Waals surface area (Å²) in [6, 6.07) is 77.0. The molecule has 1 spiro atoms. The van der Waals surface area contributed by atoms with Crippen molar-refractivity contribution in [1.29, 1.82) is 0 Å². The summed E-state index contributed by atoms with van der Waals surface area (Å²) < 4.78 is 0. The summed E-state index contributed by atoms with van der Waals surface area (Å²) >= 11 is 0. The third-order valence-corrected chi connectivity index (χ3v) is 13.3. The van der Waals surface area contributed by atoms with Crippen molar-refractivity contribution < 1.29 is 0 Å². The molecule has 1 N–H and O–H groups in total. The molecule has 68 heavy (non-hydrogen) atoms. The minimum atomic E-state index is -0.451. The average Bonchev–Trinajstić information content (AvgIpc) is 3.68. The Morgan fingerprint density at radius 3 is 1.65 bits per heavy atom. The van der Waals surface area contributed by atoms with Crippen LogP contribution in [0.2, 0.25) is 0 Å². The number of nitrogens with one attached hydrogen (secondary N) is 1. The summed E-state index contributed by atoms with van der Waals surface area (Å²) in [5.41, 5.74) is 23.3. The van der Waals surface area contributed by atoms with Gasteiger partial charge >= 0.3 is 0 Å². The van der Waals surface area contributed by atoms with Gasteiger partial charge in [-0.05, 0) is 124 Å². The molecule has 0 saturated heterocycles. The Labute approximate surface area is 406 Å². The molecule has 0 saturated carbocycles. The first kappa shape index (κ1) is 47.0. The highest BCUT2D eigenvalue weighted by molar-refractivity contribution is 6.05. The molecule has 3 aliphatic rings. The van der Waals surface area contributed by atoms with Crippen molar-refractivity contribution in [2.24, 2.45) is 0 Å². The lowest BCUT2D eigenvalue weighted by molar-refractivity contribution is 0.753. The first-order chi connectivity index (χ1) is 33.4. The molecule has 0 bridgehead atoms. The van der Waals surface area contributed by atoms with Gasteiger partial charge in [0.05, 0.1) is 11.1 Å². The molecule has 0 aromatic heterocycles. The van der Waals surface area contributed by atoms with Crippen molar-refractivity contribution in [3.05, 3.63) is 274 Å². The van der Waals surface area contributed by atoms with Crippen molar-refractivity contribution in [2.45, 2.75) is 73.6 Å². The number of allylic oxidation sites excluding steroid dienone is 4. The van der Waals surface area contributed by atoms with Gasteiger partial charge in [-0.1, -0.05) is 257 Å². The summed E-state index contributed by atoms with van der Waals surface area (Å²) in [5, 5.41) is 6.55. The summed E-state index contributed by atoms with van der Waals surface area (Å²) in [7, 11) is 0. The first-order valence-corrected chi connectivity index (χ1v) is 24.6. The van der Waals surface area contributed by atoms with E-state index in [1.807, 2.05) is 64.1 Å². The number of anilines is 2. The molecule has 1 aliphatic heterocycles. The fraction of sp³-hybridized carbons (Fsp3) is 0.164. The number of hydrogen-bond donors (Lipinski definition) is 1. The maximum Gasteiger partial charge on any atom is 0.0750 e. The highest BCUT2D eigenvalue weighted by Gasteiger charge is 2.51. The second kappa shape index (κ2) is 21.4. The van der Waals surface area contributed by atoms with Crippen LogP contribution < -0.4 is 5.32 Å². The van der Waals surface area contributed by atoms with Gasteiger partial charge in [-0.3, -0.25) is 0 Å². The van der Waals surface area contributed by atoms with Crippen molar-refractivity contribution in [1.82, 2.24) is 0 Å². The highest BCUT2D eigenvalue weighted by atomic mass is 14.9. The molecule has 1 atom stereocenters. The lowest BCUT2D eigenvalue weighted by Gasteiger charge is -2.42. The van der Waals surface area contributed by atoms with Crippen molar-refractivity contribution in [3.63, 3.8) is 0 Å². The van der Waals surface area contributed by atoms with Crippen LogP contribution in [-0.2, 0) is 5.41 Å². The summed E-state index contributed by atoms with van der Waals surface area (Å²) in [6.45, 7) is 16.6. The maximum atomic E-state index is 3.97. The predicted octanol–water partition coefficient (Wildman–Crippen LogP) is 18.9. The predicted molar refractivity (Wildman–Crippen MR) is 296 cm³/mol. The van der Waals surface area contributed by atoms with E-state index in [1.54, 1.807) is 0 Å². The molecule has 1 nitrogen and oxygen atoms in total. The standard InChI is InChI=1S/C49H37N.2C7H8.2C2H6/c1-31-13-11-16-35(29-31)47-37-18-6-4-15-33(37)25-27-38(47)34-26-28-40-39-19-7-8-21-42(39)49(45(40)30-34)43-22-9-10-24-46(43)50-48-41(20-12-23-44(48)49)36-17-5-3-14-32(36)2;2*1-7-5-3-2-4-6-7;2*1-2/h3-25,27,29-30,50H,26,28H2,1-2H3;2*2-6H,1H3;2*1-2H3. The van der Waals surface area contributed by atoms with E-state index in [1.165, 1.54) is 111 Å². The van der Waals surface area contributed by atoms with Gasteiger partial charge in [-0.25, -0.2) is 0 Å². The minimum absolute atomic E-state index is 0.451. The largest absolute Gasteiger partial charge is 0.354 e. The molecule has 9 aromatic rings. The zero-order valence-corrected chi connectivity index (χ0v) is 41.2. The molecule has 1 heteroatoms. The maximum absolute atomic E-state index is 3.97. The SMILES string of the molecule is CC.CC.Cc1cccc(-c2c(C3=CC4=C(CC3)c3ccccc3C43c4ccccc4Nc4c(-c5ccccc5C)cccc43)ccc3ccccc23)c1.Cc1ccccc1.Cc1ccccc1. The summed E-state index contributed by atoms with van der Waals surface area (Å²) in [6.07, 6.45) is 4.59. The van der Waals surface area contributed by atoms with E-state index >= 15 is 0 Å². The smallest absolute Gasteiger partial charge is 0.0750 e. The zero-order valence-electron chi connectivity index (χ0n) is 41.2. The van der Waals surface area contributed by atoms with Crippen LogP contribution in [0.1, 0.15) is 90.6 Å². The van der Waals surface area contributed by atoms with Crippen LogP contribution in [-0.4, -0.2) is 0 Å². The van der Waals surface area contributed by atoms with Crippen LogP contribution in [0, 0.1) is 27.7 Å². The van der Waals surface area contributed by atoms with E-state index < -0.39 is 5.41 Å².